The summed E-state index contributed by atoms with van der Waals surface area (Å²) < 4.78 is 34.9. The number of fused-ring (bicyclic) bond motifs is 1. The summed E-state index contributed by atoms with van der Waals surface area (Å²) in [5.74, 6) is 0.521. The van der Waals surface area contributed by atoms with Crippen molar-refractivity contribution >= 4 is 59.9 Å². The van der Waals surface area contributed by atoms with E-state index in [2.05, 4.69) is 19.8 Å². The first-order chi connectivity index (χ1) is 19.3. The topological polar surface area (TPSA) is 104 Å². The standard InChI is InChI=1S/C28H30ClN5O4S2/c1-2-38-21-9-12-25-26(19-21)39-28(31-25)34-17-15-33(16-18-34)14-13-30-27(35)23-5-3-4-6-24(23)32-40(36,37)22-10-7-20(29)8-11-22/h3-12,19,32H,2,13-18H2,1H3,(H,30,35). The molecule has 40 heavy (non-hydrogen) atoms. The molecule has 5 rings (SSSR count). The fourth-order valence-corrected chi connectivity index (χ4v) is 6.71. The van der Waals surface area contributed by atoms with Gasteiger partial charge in [0, 0.05) is 44.3 Å². The third-order valence-electron chi connectivity index (χ3n) is 6.56. The summed E-state index contributed by atoms with van der Waals surface area (Å²) >= 11 is 7.55. The van der Waals surface area contributed by atoms with Crippen LogP contribution in [0.25, 0.3) is 10.2 Å². The number of hydrogen-bond donors (Lipinski definition) is 2. The highest BCUT2D eigenvalue weighted by atomic mass is 35.5. The van der Waals surface area contributed by atoms with Crippen LogP contribution in [0.5, 0.6) is 5.75 Å². The number of carbonyl (C=O) groups is 1. The number of halogens is 1. The van der Waals surface area contributed by atoms with E-state index in [0.717, 1.165) is 47.3 Å². The van der Waals surface area contributed by atoms with Crippen LogP contribution in [0.2, 0.25) is 5.02 Å². The number of nitrogens with one attached hydrogen (secondary N) is 2. The molecule has 1 aliphatic heterocycles. The zero-order valence-electron chi connectivity index (χ0n) is 22.0. The summed E-state index contributed by atoms with van der Waals surface area (Å²) in [4.78, 5) is 22.4. The van der Waals surface area contributed by atoms with Crippen LogP contribution in [0.1, 0.15) is 17.3 Å². The number of amides is 1. The fraction of sp³-hybridized carbons (Fsp3) is 0.286. The van der Waals surface area contributed by atoms with Gasteiger partial charge in [-0.1, -0.05) is 35.1 Å². The van der Waals surface area contributed by atoms with Crippen LogP contribution >= 0.6 is 22.9 Å². The maximum atomic E-state index is 13.0. The Morgan fingerprint density at radius 3 is 2.55 bits per heavy atom. The zero-order valence-corrected chi connectivity index (χ0v) is 24.4. The molecule has 2 N–H and O–H groups in total. The Labute approximate surface area is 242 Å². The van der Waals surface area contributed by atoms with Gasteiger partial charge in [-0.05, 0) is 61.5 Å². The van der Waals surface area contributed by atoms with E-state index in [0.29, 0.717) is 24.7 Å². The van der Waals surface area contributed by atoms with Crippen molar-refractivity contribution in [1.82, 2.24) is 15.2 Å². The van der Waals surface area contributed by atoms with Crippen LogP contribution < -0.4 is 19.7 Å². The molecule has 0 spiro atoms. The number of thiazole rings is 1. The van der Waals surface area contributed by atoms with Crippen LogP contribution in [-0.2, 0) is 10.0 Å². The molecule has 1 fully saturated rings. The number of para-hydroxylation sites is 1. The van der Waals surface area contributed by atoms with Gasteiger partial charge in [0.1, 0.15) is 5.75 Å². The van der Waals surface area contributed by atoms with Gasteiger partial charge >= 0.3 is 0 Å². The highest BCUT2D eigenvalue weighted by molar-refractivity contribution is 7.92. The third-order valence-corrected chi connectivity index (χ3v) is 9.27. The van der Waals surface area contributed by atoms with Gasteiger partial charge in [-0.25, -0.2) is 13.4 Å². The van der Waals surface area contributed by atoms with E-state index in [-0.39, 0.29) is 22.1 Å². The molecule has 0 saturated carbocycles. The van der Waals surface area contributed by atoms with Crippen molar-refractivity contribution in [2.45, 2.75) is 11.8 Å². The predicted octanol–water partition coefficient (Wildman–Crippen LogP) is 4.70. The summed E-state index contributed by atoms with van der Waals surface area (Å²) in [5.41, 5.74) is 1.45. The number of benzene rings is 3. The SMILES string of the molecule is CCOc1ccc2nc(N3CCN(CCNC(=O)c4ccccc4NS(=O)(=O)c4ccc(Cl)cc4)CC3)sc2c1. The van der Waals surface area contributed by atoms with Crippen LogP contribution in [0.15, 0.2) is 71.6 Å². The Hall–Kier alpha value is -3.38. The Morgan fingerprint density at radius 2 is 1.80 bits per heavy atom. The molecular formula is C28H30ClN5O4S2. The van der Waals surface area contributed by atoms with Gasteiger partial charge in [-0.2, -0.15) is 0 Å². The summed E-state index contributed by atoms with van der Waals surface area (Å²) in [7, 11) is -3.88. The Kier molecular flexibility index (Phi) is 8.75. The van der Waals surface area contributed by atoms with Crippen LogP contribution in [-0.4, -0.2) is 70.1 Å². The molecule has 3 aromatic carbocycles. The molecule has 0 atom stereocenters. The quantitative estimate of drug-likeness (QED) is 0.272. The van der Waals surface area contributed by atoms with Crippen molar-refractivity contribution in [2.24, 2.45) is 0 Å². The van der Waals surface area contributed by atoms with Crippen molar-refractivity contribution in [2.75, 3.05) is 55.5 Å². The smallest absolute Gasteiger partial charge is 0.261 e. The minimum absolute atomic E-state index is 0.0624. The lowest BCUT2D eigenvalue weighted by Gasteiger charge is -2.34. The second kappa shape index (κ2) is 12.4. The van der Waals surface area contributed by atoms with Crippen molar-refractivity contribution in [1.29, 1.82) is 0 Å². The first-order valence-corrected chi connectivity index (χ1v) is 15.7. The number of ether oxygens (including phenoxy) is 1. The molecule has 12 heteroatoms. The average Bonchev–Trinajstić information content (AvgIpc) is 3.37. The minimum atomic E-state index is -3.88. The number of anilines is 2. The molecule has 1 aliphatic rings. The van der Waals surface area contributed by atoms with E-state index in [9.17, 15) is 13.2 Å². The monoisotopic (exact) mass is 599 g/mol. The Bertz CT molecular complexity index is 1590. The molecule has 4 aromatic rings. The van der Waals surface area contributed by atoms with Gasteiger partial charge in [0.25, 0.3) is 15.9 Å². The number of piperazine rings is 1. The van der Waals surface area contributed by atoms with Gasteiger partial charge < -0.3 is 15.0 Å². The molecule has 1 saturated heterocycles. The van der Waals surface area contributed by atoms with Gasteiger partial charge in [-0.3, -0.25) is 14.4 Å². The van der Waals surface area contributed by atoms with Crippen LogP contribution in [0, 0.1) is 0 Å². The van der Waals surface area contributed by atoms with Gasteiger partial charge in [0.05, 0.1) is 33.0 Å². The van der Waals surface area contributed by atoms with E-state index >= 15 is 0 Å². The molecule has 0 radical (unpaired) electrons. The normalized spacial score (nSPS) is 14.3. The van der Waals surface area contributed by atoms with Crippen LogP contribution in [0.4, 0.5) is 10.8 Å². The fourth-order valence-electron chi connectivity index (χ4n) is 4.46. The minimum Gasteiger partial charge on any atom is -0.494 e. The molecule has 9 nitrogen and oxygen atoms in total. The molecule has 0 unspecified atom stereocenters. The lowest BCUT2D eigenvalue weighted by atomic mass is 10.1. The Balaban J connectivity index is 1.13. The largest absolute Gasteiger partial charge is 0.494 e. The first kappa shape index (κ1) is 28.2. The predicted molar refractivity (Wildman–Crippen MR) is 160 cm³/mol. The molecule has 2 heterocycles. The average molecular weight is 600 g/mol. The summed E-state index contributed by atoms with van der Waals surface area (Å²) in [6.07, 6.45) is 0. The van der Waals surface area contributed by atoms with Crippen molar-refractivity contribution in [3.05, 3.63) is 77.3 Å². The zero-order chi connectivity index (χ0) is 28.1. The molecule has 1 aromatic heterocycles. The number of rotatable bonds is 10. The van der Waals surface area contributed by atoms with Crippen molar-refractivity contribution in [3.63, 3.8) is 0 Å². The maximum Gasteiger partial charge on any atom is 0.261 e. The second-order valence-electron chi connectivity index (χ2n) is 9.25. The number of sulfonamides is 1. The Morgan fingerprint density at radius 1 is 1.05 bits per heavy atom. The van der Waals surface area contributed by atoms with E-state index in [4.69, 9.17) is 21.3 Å². The van der Waals surface area contributed by atoms with Gasteiger partial charge in [-0.15, -0.1) is 0 Å². The first-order valence-electron chi connectivity index (χ1n) is 13.0. The van der Waals surface area contributed by atoms with E-state index in [1.165, 1.54) is 24.3 Å². The van der Waals surface area contributed by atoms with E-state index in [1.807, 2.05) is 25.1 Å². The maximum absolute atomic E-state index is 13.0. The second-order valence-corrected chi connectivity index (χ2v) is 12.4. The van der Waals surface area contributed by atoms with E-state index in [1.54, 1.807) is 35.6 Å². The number of hydrogen-bond acceptors (Lipinski definition) is 8. The molecule has 1 amide bonds. The van der Waals surface area contributed by atoms with E-state index < -0.39 is 10.0 Å². The van der Waals surface area contributed by atoms with Crippen molar-refractivity contribution in [3.8, 4) is 5.75 Å². The highest BCUT2D eigenvalue weighted by Crippen LogP contribution is 2.32. The highest BCUT2D eigenvalue weighted by Gasteiger charge is 2.21. The van der Waals surface area contributed by atoms with Crippen molar-refractivity contribution < 1.29 is 17.9 Å². The van der Waals surface area contributed by atoms with Gasteiger partial charge in [0.2, 0.25) is 0 Å². The summed E-state index contributed by atoms with van der Waals surface area (Å²) in [6.45, 7) is 7.15. The number of carbonyl (C=O) groups excluding carboxylic acids is 1. The molecular weight excluding hydrogens is 570 g/mol. The number of nitrogens with zero attached hydrogens (tertiary/aromatic N) is 3. The molecule has 0 bridgehead atoms. The van der Waals surface area contributed by atoms with Crippen LogP contribution in [0.3, 0.4) is 0 Å². The lowest BCUT2D eigenvalue weighted by Crippen LogP contribution is -2.48. The third kappa shape index (κ3) is 6.67. The number of aromatic nitrogens is 1. The summed E-state index contributed by atoms with van der Waals surface area (Å²) in [6, 6.07) is 18.4. The summed E-state index contributed by atoms with van der Waals surface area (Å²) in [5, 5.41) is 4.37. The van der Waals surface area contributed by atoms with Gasteiger partial charge in [0.15, 0.2) is 5.13 Å². The lowest BCUT2D eigenvalue weighted by molar-refractivity contribution is 0.0948. The molecule has 0 aliphatic carbocycles. The molecule has 210 valence electrons.